The minimum absolute atomic E-state index is 0.00778. The number of nitrogens with zero attached hydrogens (tertiary/aromatic N) is 1. The molecule has 0 aromatic heterocycles. The summed E-state index contributed by atoms with van der Waals surface area (Å²) in [5, 5.41) is 9.42. The summed E-state index contributed by atoms with van der Waals surface area (Å²) in [6.45, 7) is 4.98. The number of aliphatic hydroxyl groups excluding tert-OH is 1. The molecule has 1 unspecified atom stereocenters. The van der Waals surface area contributed by atoms with Gasteiger partial charge in [0.1, 0.15) is 5.82 Å². The third-order valence-electron chi connectivity index (χ3n) is 3.63. The first-order valence-electron chi connectivity index (χ1n) is 6.30. The molecule has 0 saturated carbocycles. The van der Waals surface area contributed by atoms with Gasteiger partial charge in [-0.05, 0) is 53.0 Å². The molecular weight excluding hydrogens is 297 g/mol. The van der Waals surface area contributed by atoms with E-state index in [9.17, 15) is 9.50 Å². The second-order valence-electron chi connectivity index (χ2n) is 5.53. The van der Waals surface area contributed by atoms with Gasteiger partial charge in [-0.25, -0.2) is 4.39 Å². The van der Waals surface area contributed by atoms with E-state index in [-0.39, 0.29) is 17.8 Å². The highest BCUT2D eigenvalue weighted by atomic mass is 79.9. The van der Waals surface area contributed by atoms with E-state index < -0.39 is 0 Å². The number of halogens is 2. The van der Waals surface area contributed by atoms with E-state index in [4.69, 9.17) is 0 Å². The molecule has 2 nitrogen and oxygen atoms in total. The Balaban J connectivity index is 2.02. The highest BCUT2D eigenvalue weighted by molar-refractivity contribution is 9.10. The van der Waals surface area contributed by atoms with Crippen molar-refractivity contribution < 1.29 is 9.50 Å². The van der Waals surface area contributed by atoms with Gasteiger partial charge in [-0.15, -0.1) is 0 Å². The number of aliphatic hydroxyl groups is 1. The van der Waals surface area contributed by atoms with E-state index in [2.05, 4.69) is 27.8 Å². The van der Waals surface area contributed by atoms with Crippen LogP contribution in [0.5, 0.6) is 0 Å². The first kappa shape index (κ1) is 14.0. The summed E-state index contributed by atoms with van der Waals surface area (Å²) in [6, 6.07) is 5.27. The lowest BCUT2D eigenvalue weighted by Gasteiger charge is -2.39. The molecular formula is C14H19BrFNO. The average Bonchev–Trinajstić information content (AvgIpc) is 2.34. The smallest absolute Gasteiger partial charge is 0.137 e. The lowest BCUT2D eigenvalue weighted by Crippen LogP contribution is -2.43. The maximum absolute atomic E-state index is 13.4. The number of hydrogen-bond acceptors (Lipinski definition) is 2. The summed E-state index contributed by atoms with van der Waals surface area (Å²) in [4.78, 5) is 2.29. The number of benzene rings is 1. The van der Waals surface area contributed by atoms with Crippen LogP contribution >= 0.6 is 15.9 Å². The van der Waals surface area contributed by atoms with Gasteiger partial charge in [0.05, 0.1) is 4.47 Å². The van der Waals surface area contributed by atoms with Crippen LogP contribution in [0.15, 0.2) is 22.7 Å². The van der Waals surface area contributed by atoms with Gasteiger partial charge in [-0.3, -0.25) is 4.90 Å². The molecule has 0 spiro atoms. The van der Waals surface area contributed by atoms with Crippen molar-refractivity contribution in [1.29, 1.82) is 0 Å². The van der Waals surface area contributed by atoms with E-state index in [1.54, 1.807) is 12.1 Å². The normalized spacial score (nSPS) is 25.3. The van der Waals surface area contributed by atoms with Gasteiger partial charge < -0.3 is 5.11 Å². The van der Waals surface area contributed by atoms with Crippen molar-refractivity contribution in [3.8, 4) is 0 Å². The molecule has 1 atom stereocenters. The Bertz CT molecular complexity index is 426. The summed E-state index contributed by atoms with van der Waals surface area (Å²) < 4.78 is 14.0. The van der Waals surface area contributed by atoms with Crippen LogP contribution < -0.4 is 0 Å². The minimum Gasteiger partial charge on any atom is -0.396 e. The number of piperidine rings is 1. The predicted molar refractivity (Wildman–Crippen MR) is 73.8 cm³/mol. The van der Waals surface area contributed by atoms with E-state index in [0.29, 0.717) is 4.47 Å². The molecule has 0 aliphatic carbocycles. The lowest BCUT2D eigenvalue weighted by molar-refractivity contribution is 0.0429. The van der Waals surface area contributed by atoms with Crippen LogP contribution in [0.25, 0.3) is 0 Å². The molecule has 0 amide bonds. The van der Waals surface area contributed by atoms with Crippen molar-refractivity contribution in [1.82, 2.24) is 4.90 Å². The SMILES string of the molecule is CC1(CO)CCCN(Cc2ccc(Br)c(F)c2)C1. The fourth-order valence-electron chi connectivity index (χ4n) is 2.59. The Morgan fingerprint density at radius 3 is 2.94 bits per heavy atom. The Kier molecular flexibility index (Phi) is 4.41. The van der Waals surface area contributed by atoms with Gasteiger partial charge in [0.25, 0.3) is 0 Å². The van der Waals surface area contributed by atoms with Crippen LogP contribution in [-0.2, 0) is 6.54 Å². The second-order valence-corrected chi connectivity index (χ2v) is 6.39. The zero-order chi connectivity index (χ0) is 13.2. The molecule has 1 aromatic carbocycles. The van der Waals surface area contributed by atoms with E-state index >= 15 is 0 Å². The third-order valence-corrected chi connectivity index (χ3v) is 4.28. The maximum Gasteiger partial charge on any atom is 0.137 e. The highest BCUT2D eigenvalue weighted by Gasteiger charge is 2.30. The molecule has 1 saturated heterocycles. The summed E-state index contributed by atoms with van der Waals surface area (Å²) in [5.74, 6) is -0.213. The maximum atomic E-state index is 13.4. The molecule has 1 aromatic rings. The molecule has 0 radical (unpaired) electrons. The van der Waals surface area contributed by atoms with Crippen molar-refractivity contribution in [3.63, 3.8) is 0 Å². The summed E-state index contributed by atoms with van der Waals surface area (Å²) in [6.07, 6.45) is 2.16. The topological polar surface area (TPSA) is 23.5 Å². The molecule has 1 N–H and O–H groups in total. The first-order valence-corrected chi connectivity index (χ1v) is 7.09. The quantitative estimate of drug-likeness (QED) is 0.926. The van der Waals surface area contributed by atoms with E-state index in [1.807, 2.05) is 6.07 Å². The predicted octanol–water partition coefficient (Wildman–Crippen LogP) is 3.18. The van der Waals surface area contributed by atoms with Gasteiger partial charge in [0.15, 0.2) is 0 Å². The van der Waals surface area contributed by atoms with Gasteiger partial charge in [-0.1, -0.05) is 13.0 Å². The fraction of sp³-hybridized carbons (Fsp3) is 0.571. The number of hydrogen-bond donors (Lipinski definition) is 1. The average molecular weight is 316 g/mol. The van der Waals surface area contributed by atoms with Crippen LogP contribution in [0.3, 0.4) is 0 Å². The van der Waals surface area contributed by atoms with Crippen LogP contribution in [0.2, 0.25) is 0 Å². The zero-order valence-corrected chi connectivity index (χ0v) is 12.2. The van der Waals surface area contributed by atoms with Crippen LogP contribution in [0, 0.1) is 11.2 Å². The molecule has 0 bridgehead atoms. The molecule has 1 aliphatic heterocycles. The molecule has 100 valence electrons. The molecule has 1 fully saturated rings. The molecule has 4 heteroatoms. The monoisotopic (exact) mass is 315 g/mol. The molecule has 1 heterocycles. The van der Waals surface area contributed by atoms with Gasteiger partial charge in [0.2, 0.25) is 0 Å². The largest absolute Gasteiger partial charge is 0.396 e. The van der Waals surface area contributed by atoms with Gasteiger partial charge >= 0.3 is 0 Å². The lowest BCUT2D eigenvalue weighted by atomic mass is 9.82. The van der Waals surface area contributed by atoms with Crippen LogP contribution in [-0.4, -0.2) is 29.7 Å². The fourth-order valence-corrected chi connectivity index (χ4v) is 2.83. The Morgan fingerprint density at radius 2 is 2.28 bits per heavy atom. The Morgan fingerprint density at radius 1 is 1.50 bits per heavy atom. The molecule has 2 rings (SSSR count). The Labute approximate surface area is 116 Å². The van der Waals surface area contributed by atoms with Crippen molar-refractivity contribution in [2.75, 3.05) is 19.7 Å². The summed E-state index contributed by atoms with van der Waals surface area (Å²) >= 11 is 3.16. The summed E-state index contributed by atoms with van der Waals surface area (Å²) in [7, 11) is 0. The third kappa shape index (κ3) is 3.31. The minimum atomic E-state index is -0.213. The van der Waals surface area contributed by atoms with E-state index in [1.165, 1.54) is 0 Å². The van der Waals surface area contributed by atoms with Gasteiger partial charge in [-0.2, -0.15) is 0 Å². The van der Waals surface area contributed by atoms with Crippen molar-refractivity contribution >= 4 is 15.9 Å². The molecule has 1 aliphatic rings. The zero-order valence-electron chi connectivity index (χ0n) is 10.6. The van der Waals surface area contributed by atoms with Crippen molar-refractivity contribution in [3.05, 3.63) is 34.1 Å². The Hall–Kier alpha value is -0.450. The van der Waals surface area contributed by atoms with Crippen LogP contribution in [0.1, 0.15) is 25.3 Å². The number of rotatable bonds is 3. The van der Waals surface area contributed by atoms with E-state index in [0.717, 1.165) is 38.0 Å². The van der Waals surface area contributed by atoms with Gasteiger partial charge in [0, 0.05) is 25.1 Å². The molecule has 18 heavy (non-hydrogen) atoms. The highest BCUT2D eigenvalue weighted by Crippen LogP contribution is 2.29. The first-order chi connectivity index (χ1) is 8.52. The standard InChI is InChI=1S/C14H19BrFNO/c1-14(10-18)5-2-6-17(9-14)8-11-3-4-12(15)13(16)7-11/h3-4,7,18H,2,5-6,8-10H2,1H3. The number of likely N-dealkylation sites (tertiary alicyclic amines) is 1. The van der Waals surface area contributed by atoms with Crippen molar-refractivity contribution in [2.24, 2.45) is 5.41 Å². The van der Waals surface area contributed by atoms with Crippen molar-refractivity contribution in [2.45, 2.75) is 26.3 Å². The van der Waals surface area contributed by atoms with Crippen LogP contribution in [0.4, 0.5) is 4.39 Å². The second kappa shape index (κ2) is 5.68. The summed E-state index contributed by atoms with van der Waals surface area (Å²) in [5.41, 5.74) is 0.976.